The van der Waals surface area contributed by atoms with E-state index in [1.165, 1.54) is 13.0 Å². The molecule has 4 heteroatoms. The van der Waals surface area contributed by atoms with E-state index < -0.39 is 17.6 Å². The second-order valence-corrected chi connectivity index (χ2v) is 2.48. The van der Waals surface area contributed by atoms with Crippen LogP contribution in [0.1, 0.15) is 11.1 Å². The monoisotopic (exact) mass is 178 g/mol. The zero-order valence-corrected chi connectivity index (χ0v) is 6.24. The van der Waals surface area contributed by atoms with Gasteiger partial charge in [0.2, 0.25) is 0 Å². The summed E-state index contributed by atoms with van der Waals surface area (Å²) in [4.78, 5) is 0. The summed E-state index contributed by atoms with van der Waals surface area (Å²) in [5.41, 5.74) is -0.814. The molecule has 0 saturated carbocycles. The third-order valence-electron chi connectivity index (χ3n) is 1.43. The average Bonchev–Trinajstić information content (AvgIpc) is 1.92. The van der Waals surface area contributed by atoms with Crippen molar-refractivity contribution in [1.82, 2.24) is 0 Å². The Labute approximate surface area is 66.8 Å². The Morgan fingerprint density at radius 1 is 1.17 bits per heavy atom. The zero-order chi connectivity index (χ0) is 9.35. The van der Waals surface area contributed by atoms with Gasteiger partial charge in [-0.05, 0) is 19.1 Å². The van der Waals surface area contributed by atoms with Crippen molar-refractivity contribution in [3.05, 3.63) is 35.1 Å². The largest absolute Gasteiger partial charge is 0.419 e. The molecule has 0 atom stereocenters. The Balaban J connectivity index is 3.23. The average molecular weight is 178 g/mol. The molecule has 0 unspecified atom stereocenters. The van der Waals surface area contributed by atoms with Crippen molar-refractivity contribution in [1.29, 1.82) is 0 Å². The predicted octanol–water partition coefficient (Wildman–Crippen LogP) is 3.15. The van der Waals surface area contributed by atoms with Crippen LogP contribution in [0.5, 0.6) is 0 Å². The van der Waals surface area contributed by atoms with Gasteiger partial charge in [-0.15, -0.1) is 0 Å². The molecule has 0 nitrogen and oxygen atoms in total. The van der Waals surface area contributed by atoms with E-state index in [0.717, 1.165) is 12.1 Å². The highest BCUT2D eigenvalue weighted by Crippen LogP contribution is 2.31. The summed E-state index contributed by atoms with van der Waals surface area (Å²) in [6, 6.07) is 2.90. The first-order valence-corrected chi connectivity index (χ1v) is 3.24. The molecular weight excluding hydrogens is 172 g/mol. The summed E-state index contributed by atoms with van der Waals surface area (Å²) in [5.74, 6) is -1.23. The van der Waals surface area contributed by atoms with Crippen molar-refractivity contribution >= 4 is 0 Å². The van der Waals surface area contributed by atoms with Gasteiger partial charge < -0.3 is 0 Å². The SMILES string of the molecule is Cc1ccc(F)c(C(F)(F)F)c1. The smallest absolute Gasteiger partial charge is 0.206 e. The minimum Gasteiger partial charge on any atom is -0.206 e. The Kier molecular flexibility index (Phi) is 2.08. The molecule has 1 rings (SSSR count). The van der Waals surface area contributed by atoms with Crippen LogP contribution in [0.2, 0.25) is 0 Å². The quantitative estimate of drug-likeness (QED) is 0.535. The fourth-order valence-electron chi connectivity index (χ4n) is 0.856. The number of benzene rings is 1. The van der Waals surface area contributed by atoms with Gasteiger partial charge in [-0.2, -0.15) is 13.2 Å². The van der Waals surface area contributed by atoms with Crippen molar-refractivity contribution in [2.45, 2.75) is 13.1 Å². The maximum Gasteiger partial charge on any atom is 0.419 e. The molecule has 66 valence electrons. The minimum atomic E-state index is -4.60. The molecule has 0 aromatic heterocycles. The fraction of sp³-hybridized carbons (Fsp3) is 0.250. The van der Waals surface area contributed by atoms with E-state index in [0.29, 0.717) is 5.56 Å². The van der Waals surface area contributed by atoms with E-state index in [1.54, 1.807) is 0 Å². The molecule has 1 aromatic carbocycles. The molecule has 0 aliphatic heterocycles. The van der Waals surface area contributed by atoms with Gasteiger partial charge in [0.15, 0.2) is 0 Å². The third-order valence-corrected chi connectivity index (χ3v) is 1.43. The molecule has 12 heavy (non-hydrogen) atoms. The molecule has 0 heterocycles. The Hall–Kier alpha value is -1.06. The van der Waals surface area contributed by atoms with Crippen LogP contribution in [-0.2, 0) is 6.18 Å². The highest BCUT2D eigenvalue weighted by atomic mass is 19.4. The van der Waals surface area contributed by atoms with E-state index in [-0.39, 0.29) is 0 Å². The second kappa shape index (κ2) is 2.77. The van der Waals surface area contributed by atoms with Crippen LogP contribution >= 0.6 is 0 Å². The standard InChI is InChI=1S/C8H6F4/c1-5-2-3-7(9)6(4-5)8(10,11)12/h2-4H,1H3. The molecule has 0 aliphatic carbocycles. The van der Waals surface area contributed by atoms with Crippen LogP contribution in [0.4, 0.5) is 17.6 Å². The van der Waals surface area contributed by atoms with E-state index >= 15 is 0 Å². The molecular formula is C8H6F4. The zero-order valence-electron chi connectivity index (χ0n) is 6.24. The topological polar surface area (TPSA) is 0 Å². The second-order valence-electron chi connectivity index (χ2n) is 2.48. The Morgan fingerprint density at radius 2 is 1.75 bits per heavy atom. The molecule has 0 spiro atoms. The molecule has 0 N–H and O–H groups in total. The molecule has 0 fully saturated rings. The van der Waals surface area contributed by atoms with E-state index in [1.807, 2.05) is 0 Å². The number of rotatable bonds is 0. The third kappa shape index (κ3) is 1.75. The summed E-state index contributed by atoms with van der Waals surface area (Å²) in [7, 11) is 0. The molecule has 0 amide bonds. The maximum atomic E-state index is 12.5. The number of hydrogen-bond acceptors (Lipinski definition) is 0. The summed E-state index contributed by atoms with van der Waals surface area (Å²) < 4.78 is 48.5. The van der Waals surface area contributed by atoms with Gasteiger partial charge in [-0.25, -0.2) is 4.39 Å². The van der Waals surface area contributed by atoms with Crippen molar-refractivity contribution in [2.75, 3.05) is 0 Å². The van der Waals surface area contributed by atoms with Crippen LogP contribution < -0.4 is 0 Å². The summed E-state index contributed by atoms with van der Waals surface area (Å²) in [6.45, 7) is 1.48. The number of hydrogen-bond donors (Lipinski definition) is 0. The summed E-state index contributed by atoms with van der Waals surface area (Å²) in [5, 5.41) is 0. The molecule has 0 saturated heterocycles. The highest BCUT2D eigenvalue weighted by Gasteiger charge is 2.33. The first kappa shape index (κ1) is 9.03. The fourth-order valence-corrected chi connectivity index (χ4v) is 0.856. The molecule has 0 bridgehead atoms. The number of halogens is 4. The maximum absolute atomic E-state index is 12.5. The Bertz CT molecular complexity index is 288. The number of alkyl halides is 3. The van der Waals surface area contributed by atoms with Gasteiger partial charge in [0.05, 0.1) is 5.56 Å². The first-order valence-electron chi connectivity index (χ1n) is 3.24. The lowest BCUT2D eigenvalue weighted by atomic mass is 10.1. The van der Waals surface area contributed by atoms with Gasteiger partial charge in [0.1, 0.15) is 5.82 Å². The van der Waals surface area contributed by atoms with E-state index in [4.69, 9.17) is 0 Å². The van der Waals surface area contributed by atoms with E-state index in [2.05, 4.69) is 0 Å². The van der Waals surface area contributed by atoms with Crippen molar-refractivity contribution in [3.63, 3.8) is 0 Å². The van der Waals surface area contributed by atoms with Crippen LogP contribution in [0.15, 0.2) is 18.2 Å². The predicted molar refractivity (Wildman–Crippen MR) is 36.1 cm³/mol. The lowest BCUT2D eigenvalue weighted by Gasteiger charge is -2.07. The van der Waals surface area contributed by atoms with E-state index in [9.17, 15) is 17.6 Å². The lowest BCUT2D eigenvalue weighted by molar-refractivity contribution is -0.140. The van der Waals surface area contributed by atoms with Gasteiger partial charge in [0, 0.05) is 0 Å². The van der Waals surface area contributed by atoms with Crippen LogP contribution in [0.3, 0.4) is 0 Å². The van der Waals surface area contributed by atoms with Gasteiger partial charge >= 0.3 is 6.18 Å². The van der Waals surface area contributed by atoms with Gasteiger partial charge in [-0.1, -0.05) is 11.6 Å². The van der Waals surface area contributed by atoms with Crippen molar-refractivity contribution < 1.29 is 17.6 Å². The molecule has 1 aromatic rings. The normalized spacial score (nSPS) is 11.8. The van der Waals surface area contributed by atoms with Gasteiger partial charge in [-0.3, -0.25) is 0 Å². The molecule has 0 aliphatic rings. The summed E-state index contributed by atoms with van der Waals surface area (Å²) in [6.07, 6.45) is -4.60. The minimum absolute atomic E-state index is 0.392. The van der Waals surface area contributed by atoms with Crippen LogP contribution in [0, 0.1) is 12.7 Å². The number of aryl methyl sites for hydroxylation is 1. The van der Waals surface area contributed by atoms with Crippen LogP contribution in [0.25, 0.3) is 0 Å². The first-order chi connectivity index (χ1) is 5.41. The lowest BCUT2D eigenvalue weighted by Crippen LogP contribution is -2.08. The highest BCUT2D eigenvalue weighted by molar-refractivity contribution is 5.26. The Morgan fingerprint density at radius 3 is 2.17 bits per heavy atom. The van der Waals surface area contributed by atoms with Gasteiger partial charge in [0.25, 0.3) is 0 Å². The summed E-state index contributed by atoms with van der Waals surface area (Å²) >= 11 is 0. The molecule has 0 radical (unpaired) electrons. The van der Waals surface area contributed by atoms with Crippen LogP contribution in [-0.4, -0.2) is 0 Å². The van der Waals surface area contributed by atoms with Crippen molar-refractivity contribution in [2.24, 2.45) is 0 Å². The van der Waals surface area contributed by atoms with Crippen molar-refractivity contribution in [3.8, 4) is 0 Å².